The first-order valence-electron chi connectivity index (χ1n) is 7.97. The first kappa shape index (κ1) is 14.0. The number of hydrogen-bond donors (Lipinski definition) is 2. The summed E-state index contributed by atoms with van der Waals surface area (Å²) in [6, 6.07) is 21.0. The minimum Gasteiger partial charge on any atom is -0.325 e. The summed E-state index contributed by atoms with van der Waals surface area (Å²) in [5.74, 6) is 0.208. The average molecular weight is 303 g/mol. The molecule has 3 aromatic rings. The number of carbonyl (C=O) groups excluding carboxylic acids is 1. The molecule has 3 N–H and O–H groups in total. The molecule has 0 spiro atoms. The Morgan fingerprint density at radius 3 is 2.57 bits per heavy atom. The molecule has 1 aliphatic rings. The van der Waals surface area contributed by atoms with Gasteiger partial charge in [0.2, 0.25) is 5.91 Å². The molecule has 0 saturated heterocycles. The van der Waals surface area contributed by atoms with E-state index in [1.165, 1.54) is 16.8 Å². The summed E-state index contributed by atoms with van der Waals surface area (Å²) in [5, 5.41) is 7.43. The van der Waals surface area contributed by atoms with E-state index in [-0.39, 0.29) is 11.8 Å². The number of nitrogens with one attached hydrogen (secondary N) is 1. The SMILES string of the molecule is C[NH2+]c1ccc(C2CC(=O)Nc3c2ccc2ccccc32)cc1. The van der Waals surface area contributed by atoms with Crippen LogP contribution in [0.5, 0.6) is 0 Å². The van der Waals surface area contributed by atoms with Gasteiger partial charge < -0.3 is 10.6 Å². The van der Waals surface area contributed by atoms with Crippen LogP contribution in [0, 0.1) is 0 Å². The average Bonchev–Trinajstić information content (AvgIpc) is 2.61. The van der Waals surface area contributed by atoms with E-state index < -0.39 is 0 Å². The van der Waals surface area contributed by atoms with Crippen molar-refractivity contribution in [3.63, 3.8) is 0 Å². The first-order valence-corrected chi connectivity index (χ1v) is 7.97. The number of fused-ring (bicyclic) bond motifs is 3. The molecule has 0 fully saturated rings. The molecule has 0 aromatic heterocycles. The van der Waals surface area contributed by atoms with Crippen molar-refractivity contribution in [3.8, 4) is 0 Å². The third kappa shape index (κ3) is 2.39. The predicted octanol–water partition coefficient (Wildman–Crippen LogP) is 3.14. The van der Waals surface area contributed by atoms with E-state index in [1.807, 2.05) is 19.2 Å². The number of quaternary nitrogens is 1. The second-order valence-corrected chi connectivity index (χ2v) is 6.01. The van der Waals surface area contributed by atoms with Gasteiger partial charge in [-0.3, -0.25) is 4.79 Å². The van der Waals surface area contributed by atoms with Gasteiger partial charge in [0, 0.05) is 17.7 Å². The van der Waals surface area contributed by atoms with Gasteiger partial charge in [-0.1, -0.05) is 48.5 Å². The van der Waals surface area contributed by atoms with Crippen LogP contribution in [0.1, 0.15) is 23.5 Å². The number of amides is 1. The number of benzene rings is 3. The summed E-state index contributed by atoms with van der Waals surface area (Å²) in [7, 11) is 2.03. The van der Waals surface area contributed by atoms with Crippen LogP contribution < -0.4 is 10.6 Å². The molecule has 1 aliphatic heterocycles. The number of nitrogens with two attached hydrogens (primary N) is 1. The maximum absolute atomic E-state index is 12.3. The third-order valence-corrected chi connectivity index (χ3v) is 4.66. The van der Waals surface area contributed by atoms with Crippen molar-refractivity contribution < 1.29 is 10.1 Å². The highest BCUT2D eigenvalue weighted by atomic mass is 16.1. The van der Waals surface area contributed by atoms with Gasteiger partial charge in [-0.05, 0) is 28.6 Å². The first-order chi connectivity index (χ1) is 11.3. The van der Waals surface area contributed by atoms with Crippen LogP contribution in [-0.2, 0) is 4.79 Å². The Bertz CT molecular complexity index is 884. The van der Waals surface area contributed by atoms with E-state index in [1.54, 1.807) is 0 Å². The Morgan fingerprint density at radius 1 is 1.00 bits per heavy atom. The van der Waals surface area contributed by atoms with Crippen LogP contribution in [0.2, 0.25) is 0 Å². The second kappa shape index (κ2) is 5.52. The Kier molecular flexibility index (Phi) is 3.36. The van der Waals surface area contributed by atoms with Gasteiger partial charge in [-0.15, -0.1) is 0 Å². The van der Waals surface area contributed by atoms with Gasteiger partial charge in [0.1, 0.15) is 5.69 Å². The van der Waals surface area contributed by atoms with Crippen molar-refractivity contribution in [2.45, 2.75) is 12.3 Å². The number of carbonyl (C=O) groups is 1. The lowest BCUT2D eigenvalue weighted by Gasteiger charge is -2.27. The molecule has 0 saturated carbocycles. The molecule has 0 radical (unpaired) electrons. The molecule has 1 atom stereocenters. The summed E-state index contributed by atoms with van der Waals surface area (Å²) in [6.07, 6.45) is 0.501. The molecule has 0 aliphatic carbocycles. The zero-order valence-electron chi connectivity index (χ0n) is 13.0. The summed E-state index contributed by atoms with van der Waals surface area (Å²) >= 11 is 0. The standard InChI is InChI=1S/C20H18N2O/c1-21-15-9-6-14(7-10-15)18-12-19(23)22-20-16-5-3-2-4-13(16)8-11-17(18)20/h2-11,18,21H,12H2,1H3,(H,22,23)/p+1. The lowest BCUT2D eigenvalue weighted by molar-refractivity contribution is -0.539. The summed E-state index contributed by atoms with van der Waals surface area (Å²) in [4.78, 5) is 12.3. The van der Waals surface area contributed by atoms with E-state index in [0.29, 0.717) is 6.42 Å². The van der Waals surface area contributed by atoms with Gasteiger partial charge in [-0.2, -0.15) is 0 Å². The van der Waals surface area contributed by atoms with Gasteiger partial charge in [0.15, 0.2) is 0 Å². The smallest absolute Gasteiger partial charge is 0.225 e. The molecule has 3 heteroatoms. The van der Waals surface area contributed by atoms with Crippen molar-refractivity contribution in [3.05, 3.63) is 71.8 Å². The lowest BCUT2D eigenvalue weighted by atomic mass is 9.83. The summed E-state index contributed by atoms with van der Waals surface area (Å²) < 4.78 is 0. The quantitative estimate of drug-likeness (QED) is 0.702. The Balaban J connectivity index is 1.87. The van der Waals surface area contributed by atoms with E-state index in [4.69, 9.17) is 0 Å². The minimum atomic E-state index is 0.0879. The van der Waals surface area contributed by atoms with Crippen LogP contribution in [0.3, 0.4) is 0 Å². The van der Waals surface area contributed by atoms with Crippen molar-refractivity contribution in [1.29, 1.82) is 0 Å². The molecule has 4 rings (SSSR count). The fourth-order valence-electron chi connectivity index (χ4n) is 3.42. The third-order valence-electron chi connectivity index (χ3n) is 4.66. The number of rotatable bonds is 2. The fraction of sp³-hybridized carbons (Fsp3) is 0.150. The Hall–Kier alpha value is -2.65. The zero-order valence-corrected chi connectivity index (χ0v) is 13.0. The van der Waals surface area contributed by atoms with Crippen molar-refractivity contribution in [2.24, 2.45) is 0 Å². The molecule has 1 amide bonds. The van der Waals surface area contributed by atoms with Crippen LogP contribution in [0.25, 0.3) is 10.8 Å². The molecular formula is C20H19N2O+. The molecule has 1 unspecified atom stereocenters. The number of hydrogen-bond acceptors (Lipinski definition) is 1. The Labute approximate surface area is 135 Å². The molecule has 0 bridgehead atoms. The van der Waals surface area contributed by atoms with Gasteiger partial charge in [0.25, 0.3) is 0 Å². The summed E-state index contributed by atoms with van der Waals surface area (Å²) in [5.41, 5.74) is 4.57. The highest BCUT2D eigenvalue weighted by Gasteiger charge is 2.27. The van der Waals surface area contributed by atoms with Gasteiger partial charge >= 0.3 is 0 Å². The molecule has 1 heterocycles. The largest absolute Gasteiger partial charge is 0.325 e. The zero-order chi connectivity index (χ0) is 15.8. The second-order valence-electron chi connectivity index (χ2n) is 6.01. The highest BCUT2D eigenvalue weighted by Crippen LogP contribution is 2.40. The monoisotopic (exact) mass is 303 g/mol. The van der Waals surface area contributed by atoms with Crippen LogP contribution in [0.4, 0.5) is 11.4 Å². The molecule has 23 heavy (non-hydrogen) atoms. The van der Waals surface area contributed by atoms with Gasteiger partial charge in [-0.25, -0.2) is 0 Å². The van der Waals surface area contributed by atoms with E-state index in [0.717, 1.165) is 16.5 Å². The molecule has 3 nitrogen and oxygen atoms in total. The Morgan fingerprint density at radius 2 is 1.78 bits per heavy atom. The highest BCUT2D eigenvalue weighted by molar-refractivity contribution is 6.06. The van der Waals surface area contributed by atoms with E-state index >= 15 is 0 Å². The van der Waals surface area contributed by atoms with Crippen LogP contribution in [0.15, 0.2) is 60.7 Å². The lowest BCUT2D eigenvalue weighted by Crippen LogP contribution is -2.72. The molecular weight excluding hydrogens is 284 g/mol. The van der Waals surface area contributed by atoms with Crippen molar-refractivity contribution >= 4 is 28.1 Å². The number of anilines is 1. The predicted molar refractivity (Wildman–Crippen MR) is 93.0 cm³/mol. The summed E-state index contributed by atoms with van der Waals surface area (Å²) in [6.45, 7) is 0. The topological polar surface area (TPSA) is 45.7 Å². The van der Waals surface area contributed by atoms with Gasteiger partial charge in [0.05, 0.1) is 12.7 Å². The maximum Gasteiger partial charge on any atom is 0.225 e. The normalized spacial score (nSPS) is 16.9. The van der Waals surface area contributed by atoms with Crippen LogP contribution >= 0.6 is 0 Å². The maximum atomic E-state index is 12.3. The molecule has 114 valence electrons. The van der Waals surface area contributed by atoms with Crippen molar-refractivity contribution in [2.75, 3.05) is 12.4 Å². The molecule has 3 aromatic carbocycles. The van der Waals surface area contributed by atoms with Crippen LogP contribution in [-0.4, -0.2) is 13.0 Å². The van der Waals surface area contributed by atoms with E-state index in [9.17, 15) is 4.79 Å². The van der Waals surface area contributed by atoms with E-state index in [2.05, 4.69) is 59.2 Å². The fourth-order valence-corrected chi connectivity index (χ4v) is 3.42. The minimum absolute atomic E-state index is 0.0879. The van der Waals surface area contributed by atoms with Crippen molar-refractivity contribution in [1.82, 2.24) is 0 Å².